The van der Waals surface area contributed by atoms with Crippen molar-refractivity contribution in [2.24, 2.45) is 0 Å². The van der Waals surface area contributed by atoms with Crippen LogP contribution in [0.15, 0.2) is 59.0 Å². The van der Waals surface area contributed by atoms with Crippen LogP contribution < -0.4 is 5.32 Å². The second-order valence-electron chi connectivity index (χ2n) is 5.64. The van der Waals surface area contributed by atoms with Crippen LogP contribution in [0, 0.1) is 6.92 Å². The molecule has 26 heavy (non-hydrogen) atoms. The van der Waals surface area contributed by atoms with Crippen molar-refractivity contribution in [1.29, 1.82) is 0 Å². The monoisotopic (exact) mass is 360 g/mol. The molecule has 7 heteroatoms. The summed E-state index contributed by atoms with van der Waals surface area (Å²) in [7, 11) is 0. The van der Waals surface area contributed by atoms with Gasteiger partial charge in [-0.25, -0.2) is 4.98 Å². The number of nitrogens with one attached hydrogen (secondary N) is 1. The molecule has 134 valence electrons. The zero-order valence-electron chi connectivity index (χ0n) is 13.8. The Bertz CT molecular complexity index is 918. The Balaban J connectivity index is 1.67. The number of pyridine rings is 1. The minimum absolute atomic E-state index is 0.0155. The van der Waals surface area contributed by atoms with Gasteiger partial charge in [-0.3, -0.25) is 4.79 Å². The molecule has 0 saturated carbocycles. The van der Waals surface area contributed by atoms with E-state index in [1.807, 2.05) is 30.3 Å². The van der Waals surface area contributed by atoms with Gasteiger partial charge < -0.3 is 9.73 Å². The van der Waals surface area contributed by atoms with Crippen molar-refractivity contribution in [3.05, 3.63) is 77.3 Å². The Morgan fingerprint density at radius 1 is 1.08 bits per heavy atom. The Labute approximate surface area is 147 Å². The zero-order chi connectivity index (χ0) is 18.7. The predicted octanol–water partition coefficient (Wildman–Crippen LogP) is 4.60. The molecule has 2 heterocycles. The molecule has 0 aliphatic rings. The second-order valence-corrected chi connectivity index (χ2v) is 5.64. The SMILES string of the molecule is Cc1nc(C(F)(F)F)ccc1C(=O)NCc1ccc(-c2ccccc2)o1. The molecule has 0 atom stereocenters. The lowest BCUT2D eigenvalue weighted by atomic mass is 10.1. The second kappa shape index (κ2) is 7.03. The minimum Gasteiger partial charge on any atom is -0.459 e. The highest BCUT2D eigenvalue weighted by atomic mass is 19.4. The minimum atomic E-state index is -4.54. The van der Waals surface area contributed by atoms with Crippen molar-refractivity contribution in [1.82, 2.24) is 10.3 Å². The van der Waals surface area contributed by atoms with E-state index in [0.717, 1.165) is 17.7 Å². The number of nitrogens with zero attached hydrogens (tertiary/aromatic N) is 1. The molecule has 1 N–H and O–H groups in total. The fourth-order valence-electron chi connectivity index (χ4n) is 2.45. The van der Waals surface area contributed by atoms with Crippen LogP contribution >= 0.6 is 0 Å². The van der Waals surface area contributed by atoms with Gasteiger partial charge >= 0.3 is 6.18 Å². The normalized spacial score (nSPS) is 11.4. The number of hydrogen-bond acceptors (Lipinski definition) is 3. The van der Waals surface area contributed by atoms with E-state index in [9.17, 15) is 18.0 Å². The molecule has 0 aliphatic carbocycles. The maximum atomic E-state index is 12.6. The first-order chi connectivity index (χ1) is 12.3. The number of halogens is 3. The van der Waals surface area contributed by atoms with Crippen molar-refractivity contribution >= 4 is 5.91 Å². The van der Waals surface area contributed by atoms with E-state index in [2.05, 4.69) is 10.3 Å². The summed E-state index contributed by atoms with van der Waals surface area (Å²) in [4.78, 5) is 15.7. The van der Waals surface area contributed by atoms with Crippen LogP contribution in [-0.4, -0.2) is 10.9 Å². The highest BCUT2D eigenvalue weighted by Crippen LogP contribution is 2.28. The van der Waals surface area contributed by atoms with Crippen LogP contribution in [0.4, 0.5) is 13.2 Å². The molecule has 0 radical (unpaired) electrons. The summed E-state index contributed by atoms with van der Waals surface area (Å²) in [5, 5.41) is 2.63. The van der Waals surface area contributed by atoms with Gasteiger partial charge in [-0.15, -0.1) is 0 Å². The highest BCUT2D eigenvalue weighted by Gasteiger charge is 2.33. The number of benzene rings is 1. The number of aryl methyl sites for hydroxylation is 1. The molecule has 4 nitrogen and oxygen atoms in total. The summed E-state index contributed by atoms with van der Waals surface area (Å²) in [5.74, 6) is 0.693. The van der Waals surface area contributed by atoms with Crippen LogP contribution in [0.3, 0.4) is 0 Å². The van der Waals surface area contributed by atoms with Crippen LogP contribution in [0.5, 0.6) is 0 Å². The molecule has 3 rings (SSSR count). The van der Waals surface area contributed by atoms with Crippen LogP contribution in [-0.2, 0) is 12.7 Å². The molecule has 0 saturated heterocycles. The third kappa shape index (κ3) is 3.93. The number of carbonyl (C=O) groups excluding carboxylic acids is 1. The Hall–Kier alpha value is -3.09. The third-order valence-corrected chi connectivity index (χ3v) is 3.76. The molecular weight excluding hydrogens is 345 g/mol. The molecule has 2 aromatic heterocycles. The Kier molecular flexibility index (Phi) is 4.79. The molecular formula is C19H15F3N2O2. The molecule has 0 bridgehead atoms. The number of amides is 1. The van der Waals surface area contributed by atoms with Crippen molar-refractivity contribution in [3.63, 3.8) is 0 Å². The summed E-state index contributed by atoms with van der Waals surface area (Å²) in [6, 6.07) is 14.9. The van der Waals surface area contributed by atoms with E-state index < -0.39 is 17.8 Å². The Morgan fingerprint density at radius 3 is 2.46 bits per heavy atom. The highest BCUT2D eigenvalue weighted by molar-refractivity contribution is 5.95. The Morgan fingerprint density at radius 2 is 1.81 bits per heavy atom. The van der Waals surface area contributed by atoms with Gasteiger partial charge in [-0.1, -0.05) is 30.3 Å². The van der Waals surface area contributed by atoms with Crippen molar-refractivity contribution in [3.8, 4) is 11.3 Å². The standard InChI is InChI=1S/C19H15F3N2O2/c1-12-15(8-10-17(24-12)19(20,21)22)18(25)23-11-14-7-9-16(26-14)13-5-3-2-4-6-13/h2-10H,11H2,1H3,(H,23,25). The van der Waals surface area contributed by atoms with E-state index in [4.69, 9.17) is 4.42 Å². The van der Waals surface area contributed by atoms with Gasteiger partial charge in [0.25, 0.3) is 5.91 Å². The summed E-state index contributed by atoms with van der Waals surface area (Å²) >= 11 is 0. The van der Waals surface area contributed by atoms with Crippen LogP contribution in [0.2, 0.25) is 0 Å². The molecule has 1 amide bonds. The van der Waals surface area contributed by atoms with Gasteiger partial charge in [-0.05, 0) is 31.2 Å². The van der Waals surface area contributed by atoms with Gasteiger partial charge in [0.2, 0.25) is 0 Å². The first-order valence-electron chi connectivity index (χ1n) is 7.82. The zero-order valence-corrected chi connectivity index (χ0v) is 13.8. The molecule has 1 aromatic carbocycles. The molecule has 0 unspecified atom stereocenters. The van der Waals surface area contributed by atoms with Gasteiger partial charge in [0.15, 0.2) is 0 Å². The van der Waals surface area contributed by atoms with Crippen LogP contribution in [0.1, 0.15) is 27.5 Å². The molecule has 0 aliphatic heterocycles. The number of carbonyl (C=O) groups is 1. The fraction of sp³-hybridized carbons (Fsp3) is 0.158. The number of alkyl halides is 3. The van der Waals surface area contributed by atoms with E-state index in [1.165, 1.54) is 6.92 Å². The van der Waals surface area contributed by atoms with Gasteiger partial charge in [-0.2, -0.15) is 13.2 Å². The fourth-order valence-corrected chi connectivity index (χ4v) is 2.45. The lowest BCUT2D eigenvalue weighted by Crippen LogP contribution is -2.24. The van der Waals surface area contributed by atoms with Crippen molar-refractivity contribution in [2.75, 3.05) is 0 Å². The van der Waals surface area contributed by atoms with E-state index in [1.54, 1.807) is 12.1 Å². The number of aromatic nitrogens is 1. The smallest absolute Gasteiger partial charge is 0.433 e. The van der Waals surface area contributed by atoms with Crippen molar-refractivity contribution in [2.45, 2.75) is 19.6 Å². The average molecular weight is 360 g/mol. The molecule has 3 aromatic rings. The van der Waals surface area contributed by atoms with Gasteiger partial charge in [0.05, 0.1) is 17.8 Å². The number of hydrogen-bond donors (Lipinski definition) is 1. The van der Waals surface area contributed by atoms with E-state index in [-0.39, 0.29) is 17.8 Å². The first kappa shape index (κ1) is 17.7. The summed E-state index contributed by atoms with van der Waals surface area (Å²) in [6.45, 7) is 1.48. The van der Waals surface area contributed by atoms with Gasteiger partial charge in [0, 0.05) is 5.56 Å². The maximum Gasteiger partial charge on any atom is 0.433 e. The van der Waals surface area contributed by atoms with Crippen molar-refractivity contribution < 1.29 is 22.4 Å². The lowest BCUT2D eigenvalue weighted by molar-refractivity contribution is -0.141. The van der Waals surface area contributed by atoms with E-state index in [0.29, 0.717) is 11.5 Å². The number of rotatable bonds is 4. The summed E-state index contributed by atoms with van der Waals surface area (Å²) in [5.41, 5.74) is -0.00692. The molecule has 0 fully saturated rings. The first-order valence-corrected chi connectivity index (χ1v) is 7.82. The largest absolute Gasteiger partial charge is 0.459 e. The lowest BCUT2D eigenvalue weighted by Gasteiger charge is -2.10. The summed E-state index contributed by atoms with van der Waals surface area (Å²) < 4.78 is 43.6. The van der Waals surface area contributed by atoms with E-state index >= 15 is 0 Å². The maximum absolute atomic E-state index is 12.6. The van der Waals surface area contributed by atoms with Gasteiger partial charge in [0.1, 0.15) is 17.2 Å². The summed E-state index contributed by atoms with van der Waals surface area (Å²) in [6.07, 6.45) is -4.54. The van der Waals surface area contributed by atoms with Crippen LogP contribution in [0.25, 0.3) is 11.3 Å². The molecule has 0 spiro atoms. The number of furan rings is 1. The quantitative estimate of drug-likeness (QED) is 0.740. The third-order valence-electron chi connectivity index (χ3n) is 3.76. The topological polar surface area (TPSA) is 55.1 Å². The average Bonchev–Trinajstić information content (AvgIpc) is 3.08. The predicted molar refractivity (Wildman–Crippen MR) is 89.3 cm³/mol.